The highest BCUT2D eigenvalue weighted by Gasteiger charge is 2.28. The zero-order chi connectivity index (χ0) is 17.0. The maximum Gasteiger partial charge on any atom is 0.308 e. The summed E-state index contributed by atoms with van der Waals surface area (Å²) in [6.45, 7) is 3.09. The molecule has 1 aromatic rings. The highest BCUT2D eigenvalue weighted by molar-refractivity contribution is 5.95. The van der Waals surface area contributed by atoms with Crippen molar-refractivity contribution in [1.29, 1.82) is 0 Å². The summed E-state index contributed by atoms with van der Waals surface area (Å²) in [5.74, 6) is -6.77. The van der Waals surface area contributed by atoms with Gasteiger partial charge in [0.25, 0.3) is 5.91 Å². The van der Waals surface area contributed by atoms with Gasteiger partial charge in [0.1, 0.15) is 0 Å². The maximum absolute atomic E-state index is 13.6. The van der Waals surface area contributed by atoms with Crippen LogP contribution in [0.15, 0.2) is 6.07 Å². The lowest BCUT2D eigenvalue weighted by Crippen LogP contribution is -2.41. The Labute approximate surface area is 129 Å². The number of amides is 1. The normalized spacial score (nSPS) is 15.4. The summed E-state index contributed by atoms with van der Waals surface area (Å²) in [5.41, 5.74) is -2.19. The van der Waals surface area contributed by atoms with Crippen molar-refractivity contribution in [2.75, 3.05) is 39.4 Å². The molecule has 1 heterocycles. The van der Waals surface area contributed by atoms with Crippen LogP contribution in [0, 0.1) is 27.6 Å². The Kier molecular flexibility index (Phi) is 5.50. The van der Waals surface area contributed by atoms with Gasteiger partial charge in [-0.15, -0.1) is 0 Å². The summed E-state index contributed by atoms with van der Waals surface area (Å²) < 4.78 is 45.3. The monoisotopic (exact) mass is 333 g/mol. The van der Waals surface area contributed by atoms with Gasteiger partial charge in [-0.05, 0) is 0 Å². The minimum Gasteiger partial charge on any atom is -0.379 e. The third kappa shape index (κ3) is 3.96. The summed E-state index contributed by atoms with van der Waals surface area (Å²) >= 11 is 0. The van der Waals surface area contributed by atoms with Gasteiger partial charge in [0.05, 0.1) is 23.7 Å². The molecule has 1 saturated heterocycles. The van der Waals surface area contributed by atoms with Gasteiger partial charge in [-0.25, -0.2) is 8.78 Å². The van der Waals surface area contributed by atoms with Crippen LogP contribution in [0.4, 0.5) is 18.9 Å². The number of carbonyl (C=O) groups is 1. The molecule has 0 aliphatic carbocycles. The average molecular weight is 333 g/mol. The van der Waals surface area contributed by atoms with Crippen molar-refractivity contribution < 1.29 is 27.6 Å². The number of hydrogen-bond donors (Lipinski definition) is 1. The number of nitro benzene ring substituents is 1. The molecular weight excluding hydrogens is 319 g/mol. The fraction of sp³-hybridized carbons (Fsp3) is 0.462. The molecule has 0 spiro atoms. The second kappa shape index (κ2) is 7.38. The van der Waals surface area contributed by atoms with Crippen molar-refractivity contribution in [2.24, 2.45) is 0 Å². The lowest BCUT2D eigenvalue weighted by Gasteiger charge is -2.26. The van der Waals surface area contributed by atoms with E-state index in [-0.39, 0.29) is 6.54 Å². The Bertz CT molecular complexity index is 621. The van der Waals surface area contributed by atoms with E-state index in [4.69, 9.17) is 4.74 Å². The number of morpholine rings is 1. The third-order valence-electron chi connectivity index (χ3n) is 3.39. The zero-order valence-electron chi connectivity index (χ0n) is 12.0. The van der Waals surface area contributed by atoms with Crippen molar-refractivity contribution >= 4 is 11.6 Å². The molecule has 1 aromatic carbocycles. The van der Waals surface area contributed by atoms with Crippen molar-refractivity contribution in [3.63, 3.8) is 0 Å². The number of benzene rings is 1. The summed E-state index contributed by atoms with van der Waals surface area (Å²) in [6, 6.07) is 0.387. The molecule has 0 unspecified atom stereocenters. The van der Waals surface area contributed by atoms with Crippen LogP contribution in [-0.4, -0.2) is 55.1 Å². The van der Waals surface area contributed by atoms with Crippen LogP contribution < -0.4 is 5.32 Å². The molecule has 126 valence electrons. The number of carbonyl (C=O) groups excluding carboxylic acids is 1. The molecule has 0 saturated carbocycles. The number of rotatable bonds is 5. The molecule has 0 aromatic heterocycles. The van der Waals surface area contributed by atoms with Gasteiger partial charge in [0.15, 0.2) is 5.82 Å². The predicted octanol–water partition coefficient (Wildman–Crippen LogP) is 1.07. The second-order valence-electron chi connectivity index (χ2n) is 4.85. The number of nitrogens with one attached hydrogen (secondary N) is 1. The van der Waals surface area contributed by atoms with Gasteiger partial charge in [-0.2, -0.15) is 4.39 Å². The molecular formula is C13H14F3N3O4. The molecule has 23 heavy (non-hydrogen) atoms. The molecule has 1 aliphatic rings. The Morgan fingerprint density at radius 3 is 2.52 bits per heavy atom. The summed E-state index contributed by atoms with van der Waals surface area (Å²) in [5, 5.41) is 12.9. The van der Waals surface area contributed by atoms with Gasteiger partial charge >= 0.3 is 5.69 Å². The molecule has 1 fully saturated rings. The van der Waals surface area contributed by atoms with Crippen LogP contribution in [0.25, 0.3) is 0 Å². The van der Waals surface area contributed by atoms with E-state index >= 15 is 0 Å². The minimum atomic E-state index is -2.04. The van der Waals surface area contributed by atoms with Gasteiger partial charge in [-0.3, -0.25) is 19.8 Å². The van der Waals surface area contributed by atoms with Crippen LogP contribution in [-0.2, 0) is 4.74 Å². The Morgan fingerprint density at radius 2 is 1.91 bits per heavy atom. The zero-order valence-corrected chi connectivity index (χ0v) is 12.0. The SMILES string of the molecule is O=C(NCCN1CCOCC1)c1cc([N+](=O)[O-])c(F)c(F)c1F. The fourth-order valence-corrected chi connectivity index (χ4v) is 2.14. The first-order valence-corrected chi connectivity index (χ1v) is 6.82. The van der Waals surface area contributed by atoms with Crippen molar-refractivity contribution in [2.45, 2.75) is 0 Å². The van der Waals surface area contributed by atoms with E-state index in [0.29, 0.717) is 38.9 Å². The molecule has 0 bridgehead atoms. The quantitative estimate of drug-likeness (QED) is 0.495. The van der Waals surface area contributed by atoms with E-state index in [0.717, 1.165) is 0 Å². The van der Waals surface area contributed by atoms with E-state index in [9.17, 15) is 28.1 Å². The Hall–Kier alpha value is -2.20. The van der Waals surface area contributed by atoms with Crippen LogP contribution in [0.5, 0.6) is 0 Å². The first-order chi connectivity index (χ1) is 10.9. The van der Waals surface area contributed by atoms with Crippen LogP contribution in [0.3, 0.4) is 0 Å². The molecule has 0 atom stereocenters. The first-order valence-electron chi connectivity index (χ1n) is 6.82. The van der Waals surface area contributed by atoms with Crippen molar-refractivity contribution in [3.05, 3.63) is 39.2 Å². The van der Waals surface area contributed by atoms with Gasteiger partial charge < -0.3 is 10.1 Å². The van der Waals surface area contributed by atoms with Gasteiger partial charge in [-0.1, -0.05) is 0 Å². The minimum absolute atomic E-state index is 0.130. The van der Waals surface area contributed by atoms with E-state index in [1.165, 1.54) is 0 Å². The number of nitrogens with zero attached hydrogens (tertiary/aromatic N) is 2. The standard InChI is InChI=1S/C13H14F3N3O4/c14-10-8(7-9(19(21)22)11(15)12(10)16)13(20)17-1-2-18-3-5-23-6-4-18/h7H,1-6H2,(H,17,20). The van der Waals surface area contributed by atoms with Crippen molar-refractivity contribution in [1.82, 2.24) is 10.2 Å². The Morgan fingerprint density at radius 1 is 1.26 bits per heavy atom. The summed E-state index contributed by atoms with van der Waals surface area (Å²) in [7, 11) is 0. The van der Waals surface area contributed by atoms with Crippen LogP contribution >= 0.6 is 0 Å². The summed E-state index contributed by atoms with van der Waals surface area (Å²) in [6.07, 6.45) is 0. The molecule has 2 rings (SSSR count). The average Bonchev–Trinajstić information content (AvgIpc) is 2.53. The molecule has 0 radical (unpaired) electrons. The highest BCUT2D eigenvalue weighted by Crippen LogP contribution is 2.25. The van der Waals surface area contributed by atoms with Crippen LogP contribution in [0.2, 0.25) is 0 Å². The first kappa shape index (κ1) is 17.2. The van der Waals surface area contributed by atoms with E-state index < -0.39 is 39.5 Å². The van der Waals surface area contributed by atoms with E-state index in [1.807, 2.05) is 4.90 Å². The molecule has 1 aliphatic heterocycles. The summed E-state index contributed by atoms with van der Waals surface area (Å²) in [4.78, 5) is 23.2. The number of hydrogen-bond acceptors (Lipinski definition) is 5. The highest BCUT2D eigenvalue weighted by atomic mass is 19.2. The van der Waals surface area contributed by atoms with Crippen molar-refractivity contribution in [3.8, 4) is 0 Å². The van der Waals surface area contributed by atoms with Gasteiger partial charge in [0.2, 0.25) is 11.6 Å². The smallest absolute Gasteiger partial charge is 0.308 e. The number of nitro groups is 1. The van der Waals surface area contributed by atoms with E-state index in [1.54, 1.807) is 0 Å². The Balaban J connectivity index is 2.05. The number of ether oxygens (including phenoxy) is 1. The third-order valence-corrected chi connectivity index (χ3v) is 3.39. The molecule has 10 heteroatoms. The maximum atomic E-state index is 13.6. The molecule has 1 N–H and O–H groups in total. The van der Waals surface area contributed by atoms with E-state index in [2.05, 4.69) is 5.32 Å². The second-order valence-corrected chi connectivity index (χ2v) is 4.85. The predicted molar refractivity (Wildman–Crippen MR) is 72.6 cm³/mol. The van der Waals surface area contributed by atoms with Crippen LogP contribution in [0.1, 0.15) is 10.4 Å². The largest absolute Gasteiger partial charge is 0.379 e. The molecule has 1 amide bonds. The lowest BCUT2D eigenvalue weighted by atomic mass is 10.1. The lowest BCUT2D eigenvalue weighted by molar-refractivity contribution is -0.387. The molecule has 7 nitrogen and oxygen atoms in total. The number of halogens is 3. The van der Waals surface area contributed by atoms with Gasteiger partial charge in [0, 0.05) is 32.2 Å². The topological polar surface area (TPSA) is 84.7 Å². The fourth-order valence-electron chi connectivity index (χ4n) is 2.14.